The van der Waals surface area contributed by atoms with Gasteiger partial charge in [-0.25, -0.2) is 0 Å². The summed E-state index contributed by atoms with van der Waals surface area (Å²) < 4.78 is 0. The van der Waals surface area contributed by atoms with Crippen LogP contribution in [-0.2, 0) is 0 Å². The number of hydrogen-bond donors (Lipinski definition) is 0. The van der Waals surface area contributed by atoms with Crippen molar-refractivity contribution in [3.8, 4) is 0 Å². The summed E-state index contributed by atoms with van der Waals surface area (Å²) in [6.07, 6.45) is 0. The van der Waals surface area contributed by atoms with Gasteiger partial charge in [0, 0.05) is 37.0 Å². The number of aliphatic imine (C=N–C) groups is 1. The number of hydrogen-bond acceptors (Lipinski definition) is 6. The monoisotopic (exact) mass is 348 g/mol. The van der Waals surface area contributed by atoms with E-state index in [2.05, 4.69) is 16.8 Å². The van der Waals surface area contributed by atoms with Crippen LogP contribution in [0.25, 0.3) is 0 Å². The van der Waals surface area contributed by atoms with E-state index in [0.717, 1.165) is 11.7 Å². The summed E-state index contributed by atoms with van der Waals surface area (Å²) in [6.45, 7) is 7.18. The lowest BCUT2D eigenvalue weighted by Gasteiger charge is -2.35. The third-order valence-electron chi connectivity index (χ3n) is 4.28. The van der Waals surface area contributed by atoms with Crippen LogP contribution in [0.3, 0.4) is 0 Å². The fourth-order valence-electron chi connectivity index (χ4n) is 2.98. The maximum atomic E-state index is 12.7. The molecule has 8 heteroatoms. The number of carbonyl (C=O) groups excluding carboxylic acids is 1. The average Bonchev–Trinajstić information content (AvgIpc) is 3.00. The van der Waals surface area contributed by atoms with Crippen LogP contribution in [0.2, 0.25) is 0 Å². The van der Waals surface area contributed by atoms with Gasteiger partial charge in [-0.1, -0.05) is 30.8 Å². The molecule has 3 rings (SSSR count). The van der Waals surface area contributed by atoms with Crippen LogP contribution in [0.15, 0.2) is 23.2 Å². The van der Waals surface area contributed by atoms with E-state index in [1.807, 2.05) is 0 Å². The molecule has 1 amide bonds. The van der Waals surface area contributed by atoms with Crippen molar-refractivity contribution in [1.29, 1.82) is 0 Å². The van der Waals surface area contributed by atoms with Gasteiger partial charge in [-0.2, -0.15) is 0 Å². The third kappa shape index (κ3) is 3.24. The first-order chi connectivity index (χ1) is 11.5. The van der Waals surface area contributed by atoms with Crippen molar-refractivity contribution < 1.29 is 9.72 Å². The van der Waals surface area contributed by atoms with Crippen molar-refractivity contribution in [3.05, 3.63) is 39.4 Å². The second kappa shape index (κ2) is 6.80. The molecule has 128 valence electrons. The number of amides is 1. The van der Waals surface area contributed by atoms with Crippen LogP contribution in [0.1, 0.15) is 22.8 Å². The molecule has 2 aliphatic heterocycles. The first kappa shape index (κ1) is 16.8. The molecule has 24 heavy (non-hydrogen) atoms. The molecule has 1 unspecified atom stereocenters. The van der Waals surface area contributed by atoms with Crippen LogP contribution in [0.5, 0.6) is 0 Å². The fourth-order valence-corrected chi connectivity index (χ4v) is 3.97. The Balaban J connectivity index is 1.70. The van der Waals surface area contributed by atoms with E-state index in [9.17, 15) is 14.9 Å². The van der Waals surface area contributed by atoms with E-state index < -0.39 is 4.92 Å². The van der Waals surface area contributed by atoms with E-state index in [0.29, 0.717) is 37.0 Å². The van der Waals surface area contributed by atoms with Gasteiger partial charge in [0.15, 0.2) is 5.17 Å². The third-order valence-corrected chi connectivity index (χ3v) is 5.43. The van der Waals surface area contributed by atoms with Crippen LogP contribution in [0.4, 0.5) is 5.69 Å². The number of carbonyl (C=O) groups is 1. The molecule has 1 aromatic rings. The number of nitrogens with zero attached hydrogens (tertiary/aromatic N) is 4. The summed E-state index contributed by atoms with van der Waals surface area (Å²) in [6, 6.07) is 4.89. The van der Waals surface area contributed by atoms with Crippen LogP contribution in [0, 0.1) is 17.0 Å². The highest BCUT2D eigenvalue weighted by Gasteiger charge is 2.30. The predicted molar refractivity (Wildman–Crippen MR) is 94.7 cm³/mol. The number of thioether (sulfide) groups is 1. The largest absolute Gasteiger partial charge is 0.348 e. The predicted octanol–water partition coefficient (Wildman–Crippen LogP) is 2.15. The molecule has 0 N–H and O–H groups in total. The number of para-hydroxylation sites is 1. The van der Waals surface area contributed by atoms with Gasteiger partial charge >= 0.3 is 0 Å². The smallest absolute Gasteiger partial charge is 0.285 e. The molecule has 2 heterocycles. The Bertz CT molecular complexity index is 699. The highest BCUT2D eigenvalue weighted by Crippen LogP contribution is 2.26. The van der Waals surface area contributed by atoms with Gasteiger partial charge in [-0.3, -0.25) is 19.9 Å². The lowest BCUT2D eigenvalue weighted by molar-refractivity contribution is -0.385. The second-order valence-corrected chi connectivity index (χ2v) is 7.46. The zero-order valence-corrected chi connectivity index (χ0v) is 14.6. The number of aryl methyl sites for hydroxylation is 1. The van der Waals surface area contributed by atoms with Gasteiger partial charge in [0.2, 0.25) is 0 Å². The van der Waals surface area contributed by atoms with Gasteiger partial charge in [0.1, 0.15) is 5.56 Å². The molecule has 2 aliphatic rings. The molecule has 0 saturated carbocycles. The summed E-state index contributed by atoms with van der Waals surface area (Å²) in [7, 11) is 0. The van der Waals surface area contributed by atoms with Crippen molar-refractivity contribution in [3.63, 3.8) is 0 Å². The standard InChI is InChI=1S/C16H20N4O3S/c1-11-4-3-5-13(14(11)20(22)23)15(21)18-6-8-19(9-7-18)16-17-10-12(2)24-16/h3-5,12H,6-10H2,1-2H3. The first-order valence-electron chi connectivity index (χ1n) is 7.96. The summed E-state index contributed by atoms with van der Waals surface area (Å²) in [5.74, 6) is -0.264. The highest BCUT2D eigenvalue weighted by molar-refractivity contribution is 8.14. The van der Waals surface area contributed by atoms with Crippen molar-refractivity contribution in [1.82, 2.24) is 9.80 Å². The average molecular weight is 348 g/mol. The summed E-state index contributed by atoms with van der Waals surface area (Å²) >= 11 is 1.77. The zero-order valence-electron chi connectivity index (χ0n) is 13.8. The summed E-state index contributed by atoms with van der Waals surface area (Å²) in [5, 5.41) is 12.9. The Morgan fingerprint density at radius 1 is 1.33 bits per heavy atom. The number of rotatable bonds is 2. The van der Waals surface area contributed by atoms with Gasteiger partial charge < -0.3 is 9.80 Å². The molecule has 0 radical (unpaired) electrons. The molecule has 1 fully saturated rings. The van der Waals surface area contributed by atoms with Crippen molar-refractivity contribution >= 4 is 28.5 Å². The minimum atomic E-state index is -0.468. The fraction of sp³-hybridized carbons (Fsp3) is 0.500. The maximum Gasteiger partial charge on any atom is 0.285 e. The minimum absolute atomic E-state index is 0.0884. The molecular formula is C16H20N4O3S. The van der Waals surface area contributed by atoms with Crippen LogP contribution >= 0.6 is 11.8 Å². The Morgan fingerprint density at radius 3 is 2.62 bits per heavy atom. The quantitative estimate of drug-likeness (QED) is 0.604. The number of piperazine rings is 1. The molecule has 0 bridgehead atoms. The molecule has 0 spiro atoms. The molecule has 0 aromatic heterocycles. The zero-order chi connectivity index (χ0) is 17.3. The molecule has 1 saturated heterocycles. The van der Waals surface area contributed by atoms with Crippen LogP contribution in [-0.4, -0.2) is 63.8 Å². The topological polar surface area (TPSA) is 79.0 Å². The molecule has 1 aromatic carbocycles. The highest BCUT2D eigenvalue weighted by atomic mass is 32.2. The molecular weight excluding hydrogens is 328 g/mol. The Morgan fingerprint density at radius 2 is 2.04 bits per heavy atom. The van der Waals surface area contributed by atoms with Crippen molar-refractivity contribution in [2.75, 3.05) is 32.7 Å². The Kier molecular flexibility index (Phi) is 4.75. The van der Waals surface area contributed by atoms with Gasteiger partial charge in [0.05, 0.1) is 11.5 Å². The van der Waals surface area contributed by atoms with E-state index in [-0.39, 0.29) is 17.2 Å². The molecule has 1 atom stereocenters. The summed E-state index contributed by atoms with van der Waals surface area (Å²) in [5.41, 5.74) is 0.597. The molecule has 0 aliphatic carbocycles. The van der Waals surface area contributed by atoms with Gasteiger partial charge in [0.25, 0.3) is 11.6 Å². The number of amidine groups is 1. The Labute approximate surface area is 144 Å². The maximum absolute atomic E-state index is 12.7. The lowest BCUT2D eigenvalue weighted by atomic mass is 10.1. The van der Waals surface area contributed by atoms with Crippen molar-refractivity contribution in [2.45, 2.75) is 19.1 Å². The van der Waals surface area contributed by atoms with E-state index in [4.69, 9.17) is 0 Å². The Hall–Kier alpha value is -2.09. The van der Waals surface area contributed by atoms with E-state index >= 15 is 0 Å². The van der Waals surface area contributed by atoms with Crippen molar-refractivity contribution in [2.24, 2.45) is 4.99 Å². The SMILES string of the molecule is Cc1cccc(C(=O)N2CCN(C3=NCC(C)S3)CC2)c1[N+](=O)[O-]. The number of nitro benzene ring substituents is 1. The van der Waals surface area contributed by atoms with E-state index in [1.54, 1.807) is 41.8 Å². The van der Waals surface area contributed by atoms with Crippen LogP contribution < -0.4 is 0 Å². The van der Waals surface area contributed by atoms with Gasteiger partial charge in [-0.05, 0) is 13.0 Å². The van der Waals surface area contributed by atoms with E-state index in [1.165, 1.54) is 0 Å². The first-order valence-corrected chi connectivity index (χ1v) is 8.84. The minimum Gasteiger partial charge on any atom is -0.348 e. The number of benzene rings is 1. The molecule has 7 nitrogen and oxygen atoms in total. The number of nitro groups is 1. The van der Waals surface area contributed by atoms with Gasteiger partial charge in [-0.15, -0.1) is 0 Å². The second-order valence-electron chi connectivity index (χ2n) is 6.06. The normalized spacial score (nSPS) is 20.9. The summed E-state index contributed by atoms with van der Waals surface area (Å²) in [4.78, 5) is 32.0. The lowest BCUT2D eigenvalue weighted by Crippen LogP contribution is -2.50.